The topological polar surface area (TPSA) is 155 Å². The molecule has 10 nitrogen and oxygen atoms in total. The molecule has 49 heavy (non-hydrogen) atoms. The van der Waals surface area contributed by atoms with E-state index >= 15 is 0 Å². The first-order valence-electron chi connectivity index (χ1n) is 19.0. The van der Waals surface area contributed by atoms with Gasteiger partial charge in [0.05, 0.1) is 19.8 Å². The second-order valence-electron chi connectivity index (χ2n) is 12.7. The summed E-state index contributed by atoms with van der Waals surface area (Å²) in [6, 6.07) is -1.47. The van der Waals surface area contributed by atoms with E-state index in [0.29, 0.717) is 13.0 Å². The van der Waals surface area contributed by atoms with Crippen molar-refractivity contribution < 1.29 is 42.7 Å². The molecule has 4 N–H and O–H groups in total. The summed E-state index contributed by atoms with van der Waals surface area (Å²) in [6.07, 6.45) is 36.3. The smallest absolute Gasteiger partial charge is 0.472 e. The van der Waals surface area contributed by atoms with E-state index in [-0.39, 0.29) is 13.0 Å². The third-order valence-electron chi connectivity index (χ3n) is 7.87. The van der Waals surface area contributed by atoms with E-state index in [0.717, 1.165) is 77.0 Å². The number of phosphoric acid groups is 1. The molecule has 3 atom stereocenters. The third-order valence-corrected chi connectivity index (χ3v) is 8.82. The number of phosphoric ester groups is 1. The average molecular weight is 716 g/mol. The number of nitrogens with two attached hydrogens (primary N) is 1. The quantitative estimate of drug-likeness (QED) is 0.0247. The zero-order chi connectivity index (χ0) is 36.3. The fourth-order valence-corrected chi connectivity index (χ4v) is 5.65. The molecule has 0 bridgehead atoms. The number of carboxylic acids is 1. The molecule has 0 heterocycles. The van der Waals surface area contributed by atoms with Crippen LogP contribution in [-0.4, -0.2) is 60.5 Å². The molecular weight excluding hydrogens is 645 g/mol. The number of esters is 1. The lowest BCUT2D eigenvalue weighted by molar-refractivity contribution is -0.154. The zero-order valence-electron chi connectivity index (χ0n) is 30.8. The van der Waals surface area contributed by atoms with Crippen LogP contribution in [-0.2, 0) is 32.7 Å². The highest BCUT2D eigenvalue weighted by atomic mass is 31.2. The van der Waals surface area contributed by atoms with Crippen molar-refractivity contribution in [1.82, 2.24) is 0 Å². The molecule has 0 fully saturated rings. The Kier molecular flexibility index (Phi) is 33.4. The first kappa shape index (κ1) is 47.2. The molecule has 0 aromatic rings. The molecule has 0 radical (unpaired) electrons. The van der Waals surface area contributed by atoms with Crippen LogP contribution in [0.1, 0.15) is 155 Å². The van der Waals surface area contributed by atoms with Gasteiger partial charge in [-0.05, 0) is 64.2 Å². The Bertz CT molecular complexity index is 925. The molecule has 286 valence electrons. The molecule has 0 saturated carbocycles. The van der Waals surface area contributed by atoms with Crippen LogP contribution in [0.5, 0.6) is 0 Å². The van der Waals surface area contributed by atoms with Gasteiger partial charge in [0.15, 0.2) is 0 Å². The number of rotatable bonds is 36. The van der Waals surface area contributed by atoms with Gasteiger partial charge in [-0.2, -0.15) is 0 Å². The Labute approximate surface area is 297 Å². The molecule has 0 aliphatic carbocycles. The number of carbonyl (C=O) groups is 2. The van der Waals surface area contributed by atoms with Gasteiger partial charge in [-0.15, -0.1) is 0 Å². The van der Waals surface area contributed by atoms with Crippen LogP contribution < -0.4 is 5.73 Å². The van der Waals surface area contributed by atoms with Gasteiger partial charge in [-0.3, -0.25) is 18.6 Å². The Balaban J connectivity index is 4.29. The summed E-state index contributed by atoms with van der Waals surface area (Å²) in [5, 5.41) is 8.85. The predicted octanol–water partition coefficient (Wildman–Crippen LogP) is 9.75. The number of carbonyl (C=O) groups excluding carboxylic acids is 1. The lowest BCUT2D eigenvalue weighted by Crippen LogP contribution is -2.34. The number of carboxylic acid groups (broad SMARTS) is 1. The SMILES string of the molecule is CCC/C=C\CCCCCCCC(=O)OC(COCCCCCCCC/C=C\C/C=C\CCCCCC)COP(=O)(O)OCC(N)C(=O)O. The third kappa shape index (κ3) is 34.4. The van der Waals surface area contributed by atoms with Crippen molar-refractivity contribution in [2.24, 2.45) is 5.73 Å². The highest BCUT2D eigenvalue weighted by Gasteiger charge is 2.27. The van der Waals surface area contributed by atoms with Gasteiger partial charge in [0.1, 0.15) is 12.1 Å². The van der Waals surface area contributed by atoms with Gasteiger partial charge in [0.25, 0.3) is 0 Å². The lowest BCUT2D eigenvalue weighted by atomic mass is 10.1. The number of hydrogen-bond acceptors (Lipinski definition) is 8. The minimum absolute atomic E-state index is 0.00626. The van der Waals surface area contributed by atoms with Gasteiger partial charge in [0, 0.05) is 13.0 Å². The summed E-state index contributed by atoms with van der Waals surface area (Å²) in [4.78, 5) is 33.3. The highest BCUT2D eigenvalue weighted by Crippen LogP contribution is 2.43. The summed E-state index contributed by atoms with van der Waals surface area (Å²) >= 11 is 0. The molecule has 0 aliphatic rings. The van der Waals surface area contributed by atoms with Crippen LogP contribution in [0.25, 0.3) is 0 Å². The van der Waals surface area contributed by atoms with Gasteiger partial charge >= 0.3 is 19.8 Å². The van der Waals surface area contributed by atoms with Crippen LogP contribution in [0, 0.1) is 0 Å². The normalized spacial score (nSPS) is 14.5. The molecule has 0 aromatic carbocycles. The van der Waals surface area contributed by atoms with E-state index < -0.39 is 45.1 Å². The largest absolute Gasteiger partial charge is 0.480 e. The summed E-state index contributed by atoms with van der Waals surface area (Å²) in [7, 11) is -4.61. The van der Waals surface area contributed by atoms with Gasteiger partial charge < -0.3 is 25.2 Å². The Morgan fingerprint density at radius 2 is 1.16 bits per heavy atom. The van der Waals surface area contributed by atoms with E-state index in [4.69, 9.17) is 24.8 Å². The molecule has 0 saturated heterocycles. The maximum absolute atomic E-state index is 12.5. The van der Waals surface area contributed by atoms with Crippen molar-refractivity contribution in [3.63, 3.8) is 0 Å². The van der Waals surface area contributed by atoms with Crippen LogP contribution in [0.3, 0.4) is 0 Å². The van der Waals surface area contributed by atoms with E-state index in [1.54, 1.807) is 0 Å². The van der Waals surface area contributed by atoms with Crippen molar-refractivity contribution in [2.45, 2.75) is 167 Å². The molecule has 0 amide bonds. The van der Waals surface area contributed by atoms with Crippen molar-refractivity contribution in [3.8, 4) is 0 Å². The molecule has 0 aliphatic heterocycles. The second-order valence-corrected chi connectivity index (χ2v) is 14.1. The van der Waals surface area contributed by atoms with E-state index in [1.807, 2.05) is 0 Å². The average Bonchev–Trinajstić information content (AvgIpc) is 3.07. The standard InChI is InChI=1S/C38H70NO9P/c1-3-5-7-9-11-13-15-16-17-18-19-20-21-23-25-27-29-31-45-32-35(33-46-49(43,44)47-34-36(39)38(41)42)48-37(40)30-28-26-24-22-14-12-10-8-6-4-2/h8,10,13,15,17-18,35-36H,3-7,9,11-12,14,16,19-34,39H2,1-2H3,(H,41,42)(H,43,44)/b10-8-,15-13-,18-17-. The minimum atomic E-state index is -4.61. The molecule has 3 unspecified atom stereocenters. The van der Waals surface area contributed by atoms with Crippen molar-refractivity contribution in [2.75, 3.05) is 26.4 Å². The minimum Gasteiger partial charge on any atom is -0.480 e. The Hall–Kier alpha value is -1.81. The fourth-order valence-electron chi connectivity index (χ4n) is 4.87. The van der Waals surface area contributed by atoms with Crippen molar-refractivity contribution in [3.05, 3.63) is 36.5 Å². The summed E-state index contributed by atoms with van der Waals surface area (Å²) in [5.41, 5.74) is 5.33. The summed E-state index contributed by atoms with van der Waals surface area (Å²) in [5.74, 6) is -1.80. The molecular formula is C38H70NO9P. The molecule has 0 aromatic heterocycles. The summed E-state index contributed by atoms with van der Waals surface area (Å²) in [6.45, 7) is 3.74. The monoisotopic (exact) mass is 715 g/mol. The van der Waals surface area contributed by atoms with Crippen LogP contribution >= 0.6 is 7.82 Å². The first-order valence-corrected chi connectivity index (χ1v) is 20.5. The number of ether oxygens (including phenoxy) is 2. The predicted molar refractivity (Wildman–Crippen MR) is 198 cm³/mol. The number of aliphatic carboxylic acids is 1. The van der Waals surface area contributed by atoms with Gasteiger partial charge in [0.2, 0.25) is 0 Å². The van der Waals surface area contributed by atoms with Crippen LogP contribution in [0.2, 0.25) is 0 Å². The highest BCUT2D eigenvalue weighted by molar-refractivity contribution is 7.47. The van der Waals surface area contributed by atoms with E-state index in [9.17, 15) is 19.0 Å². The van der Waals surface area contributed by atoms with Crippen molar-refractivity contribution in [1.29, 1.82) is 0 Å². The maximum atomic E-state index is 12.5. The Morgan fingerprint density at radius 3 is 1.76 bits per heavy atom. The molecule has 11 heteroatoms. The summed E-state index contributed by atoms with van der Waals surface area (Å²) < 4.78 is 33.1. The number of allylic oxidation sites excluding steroid dienone is 6. The maximum Gasteiger partial charge on any atom is 0.472 e. The Morgan fingerprint density at radius 1 is 0.653 bits per heavy atom. The number of hydrogen-bond donors (Lipinski definition) is 3. The lowest BCUT2D eigenvalue weighted by Gasteiger charge is -2.20. The first-order chi connectivity index (χ1) is 23.7. The molecule has 0 spiro atoms. The van der Waals surface area contributed by atoms with E-state index in [1.165, 1.54) is 51.4 Å². The van der Waals surface area contributed by atoms with Crippen molar-refractivity contribution >= 4 is 19.8 Å². The van der Waals surface area contributed by atoms with Crippen LogP contribution in [0.4, 0.5) is 0 Å². The van der Waals surface area contributed by atoms with Crippen LogP contribution in [0.15, 0.2) is 36.5 Å². The fraction of sp³-hybridized carbons (Fsp3) is 0.789. The van der Waals surface area contributed by atoms with Gasteiger partial charge in [-0.25, -0.2) is 4.57 Å². The van der Waals surface area contributed by atoms with E-state index in [2.05, 4.69) is 54.8 Å². The number of unbranched alkanes of at least 4 members (excludes halogenated alkanes) is 16. The van der Waals surface area contributed by atoms with Gasteiger partial charge in [-0.1, -0.05) is 121 Å². The molecule has 0 rings (SSSR count). The zero-order valence-corrected chi connectivity index (χ0v) is 31.7. The second kappa shape index (κ2) is 34.6.